The van der Waals surface area contributed by atoms with Crippen molar-refractivity contribution in [1.29, 1.82) is 0 Å². The number of hydrogen-bond donors (Lipinski definition) is 1. The summed E-state index contributed by atoms with van der Waals surface area (Å²) in [6.45, 7) is 5.64. The molecule has 27 heavy (non-hydrogen) atoms. The molecular formula is C20H23N5OS. The standard InChI is InChI=1S/C20H23N5OS/c1-14-7-5-8-15(2)17(14)21-18(26)16-9-6-12-25(13-16)20-23-22-19(27-20)24-10-3-4-11-24/h3-5,7-8,10-11,16H,6,9,12-13H2,1-2H3,(H,21,26). The molecule has 140 valence electrons. The quantitative estimate of drug-likeness (QED) is 0.747. The molecule has 1 N–H and O–H groups in total. The van der Waals surface area contributed by atoms with E-state index in [1.54, 1.807) is 11.3 Å². The van der Waals surface area contributed by atoms with Crippen molar-refractivity contribution in [1.82, 2.24) is 14.8 Å². The third-order valence-electron chi connectivity index (χ3n) is 5.02. The van der Waals surface area contributed by atoms with Gasteiger partial charge in [0, 0.05) is 31.2 Å². The molecule has 1 fully saturated rings. The molecule has 3 aromatic rings. The minimum Gasteiger partial charge on any atom is -0.346 e. The lowest BCUT2D eigenvalue weighted by Gasteiger charge is -2.31. The van der Waals surface area contributed by atoms with Gasteiger partial charge in [0.15, 0.2) is 0 Å². The largest absolute Gasteiger partial charge is 0.346 e. The Labute approximate surface area is 162 Å². The average Bonchev–Trinajstić information content (AvgIpc) is 3.36. The van der Waals surface area contributed by atoms with E-state index in [4.69, 9.17) is 0 Å². The molecule has 4 rings (SSSR count). The van der Waals surface area contributed by atoms with Crippen molar-refractivity contribution in [3.05, 3.63) is 53.9 Å². The lowest BCUT2D eigenvalue weighted by molar-refractivity contribution is -0.120. The molecule has 0 radical (unpaired) electrons. The molecule has 1 aromatic carbocycles. The molecule has 1 aliphatic rings. The number of aryl methyl sites for hydroxylation is 2. The zero-order chi connectivity index (χ0) is 18.8. The number of amides is 1. The third kappa shape index (κ3) is 3.73. The van der Waals surface area contributed by atoms with Crippen LogP contribution < -0.4 is 10.2 Å². The molecule has 1 aliphatic heterocycles. The van der Waals surface area contributed by atoms with Crippen LogP contribution in [0.4, 0.5) is 10.8 Å². The van der Waals surface area contributed by atoms with Gasteiger partial charge in [-0.15, -0.1) is 10.2 Å². The highest BCUT2D eigenvalue weighted by molar-refractivity contribution is 7.17. The number of anilines is 2. The van der Waals surface area contributed by atoms with Crippen LogP contribution in [0.5, 0.6) is 0 Å². The summed E-state index contributed by atoms with van der Waals surface area (Å²) < 4.78 is 1.95. The van der Waals surface area contributed by atoms with Gasteiger partial charge in [0.05, 0.1) is 5.92 Å². The number of benzene rings is 1. The molecule has 1 amide bonds. The fraction of sp³-hybridized carbons (Fsp3) is 0.350. The number of aromatic nitrogens is 3. The lowest BCUT2D eigenvalue weighted by atomic mass is 9.97. The van der Waals surface area contributed by atoms with Crippen molar-refractivity contribution in [3.63, 3.8) is 0 Å². The average molecular weight is 382 g/mol. The molecule has 6 nitrogen and oxygen atoms in total. The van der Waals surface area contributed by atoms with Crippen LogP contribution >= 0.6 is 11.3 Å². The predicted octanol–water partition coefficient (Wildman–Crippen LogP) is 3.80. The zero-order valence-corrected chi connectivity index (χ0v) is 16.4. The Hall–Kier alpha value is -2.67. The maximum absolute atomic E-state index is 12.9. The first-order valence-electron chi connectivity index (χ1n) is 9.20. The topological polar surface area (TPSA) is 63.1 Å². The van der Waals surface area contributed by atoms with Gasteiger partial charge in [0.25, 0.3) is 0 Å². The maximum Gasteiger partial charge on any atom is 0.229 e. The Morgan fingerprint density at radius 1 is 1.11 bits per heavy atom. The van der Waals surface area contributed by atoms with E-state index >= 15 is 0 Å². The highest BCUT2D eigenvalue weighted by atomic mass is 32.1. The Morgan fingerprint density at radius 3 is 2.56 bits per heavy atom. The van der Waals surface area contributed by atoms with Gasteiger partial charge in [-0.1, -0.05) is 29.5 Å². The molecule has 1 atom stereocenters. The molecule has 2 aromatic heterocycles. The molecular weight excluding hydrogens is 358 g/mol. The van der Waals surface area contributed by atoms with Gasteiger partial charge in [0.2, 0.25) is 16.2 Å². The number of nitrogens with zero attached hydrogens (tertiary/aromatic N) is 4. The summed E-state index contributed by atoms with van der Waals surface area (Å²) in [6, 6.07) is 10.0. The number of para-hydroxylation sites is 1. The first-order valence-corrected chi connectivity index (χ1v) is 10.0. The van der Waals surface area contributed by atoms with Crippen molar-refractivity contribution in [2.75, 3.05) is 23.3 Å². The van der Waals surface area contributed by atoms with E-state index in [0.717, 1.165) is 46.5 Å². The molecule has 0 bridgehead atoms. The summed E-state index contributed by atoms with van der Waals surface area (Å²) in [5.41, 5.74) is 3.12. The number of hydrogen-bond acceptors (Lipinski definition) is 5. The van der Waals surface area contributed by atoms with E-state index in [0.29, 0.717) is 6.54 Å². The Bertz CT molecular complexity index is 914. The van der Waals surface area contributed by atoms with Crippen molar-refractivity contribution < 1.29 is 4.79 Å². The Balaban J connectivity index is 1.46. The van der Waals surface area contributed by atoms with Crippen molar-refractivity contribution >= 4 is 28.1 Å². The minimum absolute atomic E-state index is 0.0447. The van der Waals surface area contributed by atoms with E-state index in [9.17, 15) is 4.79 Å². The number of carbonyl (C=O) groups is 1. The third-order valence-corrected chi connectivity index (χ3v) is 6.02. The van der Waals surface area contributed by atoms with Crippen molar-refractivity contribution in [3.8, 4) is 5.13 Å². The minimum atomic E-state index is -0.0447. The highest BCUT2D eigenvalue weighted by Gasteiger charge is 2.28. The predicted molar refractivity (Wildman–Crippen MR) is 109 cm³/mol. The van der Waals surface area contributed by atoms with Crippen LogP contribution in [0.15, 0.2) is 42.7 Å². The SMILES string of the molecule is Cc1cccc(C)c1NC(=O)C1CCCN(c2nnc(-n3cccc3)s2)C1. The monoisotopic (exact) mass is 381 g/mol. The van der Waals surface area contributed by atoms with Gasteiger partial charge in [-0.25, -0.2) is 0 Å². The van der Waals surface area contributed by atoms with Gasteiger partial charge >= 0.3 is 0 Å². The van der Waals surface area contributed by atoms with Gasteiger partial charge < -0.3 is 10.2 Å². The molecule has 1 saturated heterocycles. The molecule has 0 aliphatic carbocycles. The van der Waals surface area contributed by atoms with Gasteiger partial charge in [-0.2, -0.15) is 0 Å². The fourth-order valence-corrected chi connectivity index (χ4v) is 4.35. The summed E-state index contributed by atoms with van der Waals surface area (Å²) in [5, 5.41) is 13.5. The molecule has 0 spiro atoms. The van der Waals surface area contributed by atoms with Crippen LogP contribution in [-0.2, 0) is 4.79 Å². The second-order valence-electron chi connectivity index (χ2n) is 7.00. The second kappa shape index (κ2) is 7.52. The fourth-order valence-electron chi connectivity index (χ4n) is 3.50. The highest BCUT2D eigenvalue weighted by Crippen LogP contribution is 2.29. The maximum atomic E-state index is 12.9. The summed E-state index contributed by atoms with van der Waals surface area (Å²) in [7, 11) is 0. The molecule has 0 saturated carbocycles. The smallest absolute Gasteiger partial charge is 0.229 e. The summed E-state index contributed by atoms with van der Waals surface area (Å²) in [6.07, 6.45) is 5.79. The number of rotatable bonds is 4. The van der Waals surface area contributed by atoms with E-state index in [1.807, 2.05) is 61.1 Å². The van der Waals surface area contributed by atoms with Crippen LogP contribution in [0.2, 0.25) is 0 Å². The van der Waals surface area contributed by atoms with Gasteiger partial charge in [0.1, 0.15) is 0 Å². The molecule has 1 unspecified atom stereocenters. The second-order valence-corrected chi connectivity index (χ2v) is 7.93. The van der Waals surface area contributed by atoms with Crippen molar-refractivity contribution in [2.45, 2.75) is 26.7 Å². The van der Waals surface area contributed by atoms with Crippen molar-refractivity contribution in [2.24, 2.45) is 5.92 Å². The molecule has 3 heterocycles. The number of carbonyl (C=O) groups excluding carboxylic acids is 1. The van der Waals surface area contributed by atoms with Crippen LogP contribution in [-0.4, -0.2) is 33.8 Å². The zero-order valence-electron chi connectivity index (χ0n) is 15.6. The first kappa shape index (κ1) is 17.7. The molecule has 7 heteroatoms. The van der Waals surface area contributed by atoms with Gasteiger partial charge in [-0.05, 0) is 49.9 Å². The first-order chi connectivity index (χ1) is 13.1. The summed E-state index contributed by atoms with van der Waals surface area (Å²) >= 11 is 1.55. The Kier molecular flexibility index (Phi) is 4.94. The van der Waals surface area contributed by atoms with E-state index in [1.165, 1.54) is 0 Å². The summed E-state index contributed by atoms with van der Waals surface area (Å²) in [4.78, 5) is 15.0. The van der Waals surface area contributed by atoms with Crippen LogP contribution in [0.25, 0.3) is 5.13 Å². The van der Waals surface area contributed by atoms with Crippen LogP contribution in [0.3, 0.4) is 0 Å². The number of nitrogens with one attached hydrogen (secondary N) is 1. The normalized spacial score (nSPS) is 17.1. The number of piperidine rings is 1. The van der Waals surface area contributed by atoms with E-state index < -0.39 is 0 Å². The Morgan fingerprint density at radius 2 is 1.81 bits per heavy atom. The van der Waals surface area contributed by atoms with Crippen LogP contribution in [0.1, 0.15) is 24.0 Å². The van der Waals surface area contributed by atoms with Crippen LogP contribution in [0, 0.1) is 19.8 Å². The summed E-state index contributed by atoms with van der Waals surface area (Å²) in [5.74, 6) is 0.0453. The lowest BCUT2D eigenvalue weighted by Crippen LogP contribution is -2.40. The van der Waals surface area contributed by atoms with E-state index in [-0.39, 0.29) is 11.8 Å². The van der Waals surface area contributed by atoms with E-state index in [2.05, 4.69) is 20.4 Å². The van der Waals surface area contributed by atoms with Gasteiger partial charge in [-0.3, -0.25) is 9.36 Å².